The van der Waals surface area contributed by atoms with Crippen LogP contribution in [0.25, 0.3) is 11.3 Å². The highest BCUT2D eigenvalue weighted by molar-refractivity contribution is 7.93. The molecule has 0 aliphatic heterocycles. The third kappa shape index (κ3) is 2.37. The predicted octanol–water partition coefficient (Wildman–Crippen LogP) is 4.00. The first-order valence-corrected chi connectivity index (χ1v) is 6.37. The Morgan fingerprint density at radius 2 is 2.00 bits per heavy atom. The van der Waals surface area contributed by atoms with Gasteiger partial charge in [-0.3, -0.25) is 4.68 Å². The molecule has 0 amide bonds. The SMILES string of the molecule is Cc1cn(C(C)C)nc1-c1ccccc1SO. The molecule has 17 heavy (non-hydrogen) atoms. The minimum atomic E-state index is 0.344. The van der Waals surface area contributed by atoms with Crippen LogP contribution in [0.2, 0.25) is 0 Å². The van der Waals surface area contributed by atoms with Gasteiger partial charge in [-0.05, 0) is 32.4 Å². The second-order valence-electron chi connectivity index (χ2n) is 4.32. The molecular formula is C13H16N2OS. The van der Waals surface area contributed by atoms with E-state index in [-0.39, 0.29) is 0 Å². The Kier molecular flexibility index (Phi) is 3.54. The van der Waals surface area contributed by atoms with Gasteiger partial charge in [-0.1, -0.05) is 18.2 Å². The predicted molar refractivity (Wildman–Crippen MR) is 71.3 cm³/mol. The van der Waals surface area contributed by atoms with E-state index in [1.165, 1.54) is 0 Å². The molecule has 0 saturated carbocycles. The third-order valence-electron chi connectivity index (χ3n) is 2.68. The molecule has 0 aliphatic carbocycles. The molecule has 90 valence electrons. The Hall–Kier alpha value is -1.26. The largest absolute Gasteiger partial charge is 0.325 e. The van der Waals surface area contributed by atoms with E-state index in [0.29, 0.717) is 6.04 Å². The number of aromatic nitrogens is 2. The van der Waals surface area contributed by atoms with Crippen molar-refractivity contribution in [2.24, 2.45) is 0 Å². The summed E-state index contributed by atoms with van der Waals surface area (Å²) in [6.07, 6.45) is 2.04. The number of hydrogen-bond acceptors (Lipinski definition) is 3. The van der Waals surface area contributed by atoms with E-state index in [1.54, 1.807) is 0 Å². The molecule has 2 aromatic rings. The zero-order chi connectivity index (χ0) is 12.4. The van der Waals surface area contributed by atoms with Gasteiger partial charge in [-0.2, -0.15) is 5.10 Å². The molecule has 0 spiro atoms. The van der Waals surface area contributed by atoms with Gasteiger partial charge in [0.2, 0.25) is 0 Å². The van der Waals surface area contributed by atoms with Gasteiger partial charge in [0.1, 0.15) is 0 Å². The molecule has 0 radical (unpaired) electrons. The number of rotatable bonds is 3. The fourth-order valence-corrected chi connectivity index (χ4v) is 2.16. The standard InChI is InChI=1S/C13H16N2OS/c1-9(2)15-8-10(3)13(14-15)11-6-4-5-7-12(11)17-16/h4-9,16H,1-3H3. The molecular weight excluding hydrogens is 232 g/mol. The second-order valence-corrected chi connectivity index (χ2v) is 4.94. The van der Waals surface area contributed by atoms with Crippen molar-refractivity contribution in [3.05, 3.63) is 36.0 Å². The summed E-state index contributed by atoms with van der Waals surface area (Å²) in [5.41, 5.74) is 3.05. The van der Waals surface area contributed by atoms with Gasteiger partial charge in [0.15, 0.2) is 0 Å². The fourth-order valence-electron chi connectivity index (χ4n) is 1.76. The fraction of sp³-hybridized carbons (Fsp3) is 0.308. The van der Waals surface area contributed by atoms with Gasteiger partial charge in [-0.15, -0.1) is 0 Å². The first-order valence-electron chi connectivity index (χ1n) is 5.60. The van der Waals surface area contributed by atoms with Crippen LogP contribution in [0, 0.1) is 6.92 Å². The van der Waals surface area contributed by atoms with Crippen LogP contribution in [0.15, 0.2) is 35.4 Å². The van der Waals surface area contributed by atoms with Gasteiger partial charge in [0, 0.05) is 34.7 Å². The van der Waals surface area contributed by atoms with E-state index in [9.17, 15) is 4.55 Å². The van der Waals surface area contributed by atoms with E-state index < -0.39 is 0 Å². The van der Waals surface area contributed by atoms with Crippen molar-refractivity contribution >= 4 is 12.0 Å². The zero-order valence-corrected chi connectivity index (χ0v) is 11.0. The molecule has 1 aromatic heterocycles. The quantitative estimate of drug-likeness (QED) is 0.834. The van der Waals surface area contributed by atoms with Gasteiger partial charge in [-0.25, -0.2) is 0 Å². The van der Waals surface area contributed by atoms with Crippen molar-refractivity contribution in [3.63, 3.8) is 0 Å². The Labute approximate surface area is 106 Å². The number of nitrogens with zero attached hydrogens (tertiary/aromatic N) is 2. The molecule has 1 aromatic carbocycles. The minimum Gasteiger partial charge on any atom is -0.325 e. The third-order valence-corrected chi connectivity index (χ3v) is 3.24. The summed E-state index contributed by atoms with van der Waals surface area (Å²) in [5, 5.41) is 4.58. The van der Waals surface area contributed by atoms with E-state index >= 15 is 0 Å². The lowest BCUT2D eigenvalue weighted by Gasteiger charge is -2.05. The highest BCUT2D eigenvalue weighted by atomic mass is 32.2. The Balaban J connectivity index is 2.52. The molecule has 1 heterocycles. The maximum atomic E-state index is 9.27. The summed E-state index contributed by atoms with van der Waals surface area (Å²) in [6.45, 7) is 6.24. The van der Waals surface area contributed by atoms with Gasteiger partial charge in [0.25, 0.3) is 0 Å². The highest BCUT2D eigenvalue weighted by Gasteiger charge is 2.12. The van der Waals surface area contributed by atoms with Crippen molar-refractivity contribution in [2.45, 2.75) is 31.7 Å². The lowest BCUT2D eigenvalue weighted by molar-refractivity contribution is 0.533. The maximum Gasteiger partial charge on any atom is 0.0964 e. The molecule has 0 unspecified atom stereocenters. The van der Waals surface area contributed by atoms with Crippen LogP contribution in [0.5, 0.6) is 0 Å². The molecule has 4 heteroatoms. The number of benzene rings is 1. The van der Waals surface area contributed by atoms with Crippen molar-refractivity contribution < 1.29 is 4.55 Å². The van der Waals surface area contributed by atoms with Crippen molar-refractivity contribution in [2.75, 3.05) is 0 Å². The van der Waals surface area contributed by atoms with Crippen molar-refractivity contribution in [3.8, 4) is 11.3 Å². The van der Waals surface area contributed by atoms with E-state index in [2.05, 4.69) is 18.9 Å². The topological polar surface area (TPSA) is 38.0 Å². The molecule has 2 rings (SSSR count). The van der Waals surface area contributed by atoms with Crippen LogP contribution in [0.3, 0.4) is 0 Å². The summed E-state index contributed by atoms with van der Waals surface area (Å²) < 4.78 is 11.2. The van der Waals surface area contributed by atoms with Gasteiger partial charge < -0.3 is 4.55 Å². The lowest BCUT2D eigenvalue weighted by Crippen LogP contribution is -2.00. The van der Waals surface area contributed by atoms with Crippen LogP contribution in [0.1, 0.15) is 25.5 Å². The normalized spacial score (nSPS) is 11.1. The summed E-state index contributed by atoms with van der Waals surface area (Å²) in [4.78, 5) is 0.838. The van der Waals surface area contributed by atoms with Crippen molar-refractivity contribution in [1.29, 1.82) is 0 Å². The Bertz CT molecular complexity index is 520. The summed E-state index contributed by atoms with van der Waals surface area (Å²) in [6, 6.07) is 8.10. The van der Waals surface area contributed by atoms with Gasteiger partial charge >= 0.3 is 0 Å². The monoisotopic (exact) mass is 248 g/mol. The lowest BCUT2D eigenvalue weighted by atomic mass is 10.1. The maximum absolute atomic E-state index is 9.27. The molecule has 0 saturated heterocycles. The van der Waals surface area contributed by atoms with E-state index in [0.717, 1.165) is 33.8 Å². The van der Waals surface area contributed by atoms with Crippen LogP contribution in [0.4, 0.5) is 0 Å². The van der Waals surface area contributed by atoms with Crippen molar-refractivity contribution in [1.82, 2.24) is 9.78 Å². The Morgan fingerprint density at radius 3 is 2.59 bits per heavy atom. The molecule has 3 nitrogen and oxygen atoms in total. The highest BCUT2D eigenvalue weighted by Crippen LogP contribution is 2.31. The summed E-state index contributed by atoms with van der Waals surface area (Å²) in [5.74, 6) is 0. The molecule has 0 fully saturated rings. The summed E-state index contributed by atoms with van der Waals surface area (Å²) in [7, 11) is 0. The van der Waals surface area contributed by atoms with Crippen LogP contribution >= 0.6 is 12.0 Å². The molecule has 0 bridgehead atoms. The van der Waals surface area contributed by atoms with Crippen LogP contribution < -0.4 is 0 Å². The second kappa shape index (κ2) is 4.94. The summed E-state index contributed by atoms with van der Waals surface area (Å²) >= 11 is 0.767. The number of aryl methyl sites for hydroxylation is 1. The Morgan fingerprint density at radius 1 is 1.29 bits per heavy atom. The van der Waals surface area contributed by atoms with Gasteiger partial charge in [0.05, 0.1) is 5.69 Å². The zero-order valence-electron chi connectivity index (χ0n) is 10.2. The molecule has 0 aliphatic rings. The van der Waals surface area contributed by atoms with E-state index in [1.807, 2.05) is 42.1 Å². The first kappa shape index (κ1) is 12.2. The number of hydrogen-bond donors (Lipinski definition) is 1. The average molecular weight is 248 g/mol. The smallest absolute Gasteiger partial charge is 0.0964 e. The first-order chi connectivity index (χ1) is 8.13. The molecule has 1 N–H and O–H groups in total. The van der Waals surface area contributed by atoms with E-state index in [4.69, 9.17) is 0 Å². The molecule has 0 atom stereocenters. The average Bonchev–Trinajstić information content (AvgIpc) is 2.71. The van der Waals surface area contributed by atoms with Crippen LogP contribution in [-0.4, -0.2) is 14.3 Å². The van der Waals surface area contributed by atoms with Crippen LogP contribution in [-0.2, 0) is 0 Å². The minimum absolute atomic E-state index is 0.344.